The Kier molecular flexibility index (Phi) is 5.35. The highest BCUT2D eigenvalue weighted by Crippen LogP contribution is 2.50. The highest BCUT2D eigenvalue weighted by molar-refractivity contribution is 6.77. The van der Waals surface area contributed by atoms with Gasteiger partial charge in [0, 0.05) is 11.1 Å². The van der Waals surface area contributed by atoms with E-state index in [1.165, 1.54) is 73.5 Å². The van der Waals surface area contributed by atoms with Crippen LogP contribution in [-0.2, 0) is 4.65 Å². The lowest BCUT2D eigenvalue weighted by molar-refractivity contribution is 0.191. The van der Waals surface area contributed by atoms with E-state index < -0.39 is 0 Å². The van der Waals surface area contributed by atoms with E-state index >= 15 is 0 Å². The fraction of sp³-hybridized carbons (Fsp3) is 0.440. The van der Waals surface area contributed by atoms with Gasteiger partial charge in [-0.15, -0.1) is 0 Å². The van der Waals surface area contributed by atoms with E-state index in [2.05, 4.69) is 48.5 Å². The van der Waals surface area contributed by atoms with Gasteiger partial charge < -0.3 is 4.65 Å². The molecule has 0 N–H and O–H groups in total. The molecule has 144 valence electrons. The topological polar surface area (TPSA) is 9.23 Å². The molecule has 0 spiro atoms. The van der Waals surface area contributed by atoms with E-state index in [0.29, 0.717) is 17.8 Å². The van der Waals surface area contributed by atoms with Crippen LogP contribution in [-0.4, -0.2) is 13.0 Å². The zero-order valence-electron chi connectivity index (χ0n) is 16.4. The predicted octanol–water partition coefficient (Wildman–Crippen LogP) is 7.31. The minimum atomic E-state index is 0.215. The molecule has 1 aliphatic carbocycles. The highest BCUT2D eigenvalue weighted by atomic mass is 35.5. The maximum Gasteiger partial charge on any atom is 0.331 e. The first-order valence-electron chi connectivity index (χ1n) is 11.0. The zero-order chi connectivity index (χ0) is 18.9. The third-order valence-electron chi connectivity index (χ3n) is 6.75. The van der Waals surface area contributed by atoms with Crippen molar-refractivity contribution >= 4 is 29.6 Å². The van der Waals surface area contributed by atoms with Crippen molar-refractivity contribution in [3.8, 4) is 0 Å². The molecule has 0 unspecified atom stereocenters. The Morgan fingerprint density at radius 1 is 0.821 bits per heavy atom. The van der Waals surface area contributed by atoms with Crippen LogP contribution in [0.25, 0.3) is 11.0 Å². The Morgan fingerprint density at radius 3 is 2.21 bits per heavy atom. The minimum Gasteiger partial charge on any atom is -0.428 e. The van der Waals surface area contributed by atoms with E-state index in [1.54, 1.807) is 0 Å². The monoisotopic (exact) mass is 390 g/mol. The maximum atomic E-state index is 6.87. The van der Waals surface area contributed by atoms with Crippen LogP contribution in [0.4, 0.5) is 0 Å². The number of halogens is 1. The summed E-state index contributed by atoms with van der Waals surface area (Å²) in [6.07, 6.45) is 10.6. The Bertz CT molecular complexity index is 848. The second-order valence-electron chi connectivity index (χ2n) is 8.78. The largest absolute Gasteiger partial charge is 0.428 e. The first-order chi connectivity index (χ1) is 13.8. The fourth-order valence-corrected chi connectivity index (χ4v) is 5.49. The summed E-state index contributed by atoms with van der Waals surface area (Å²) in [6, 6.07) is 19.5. The van der Waals surface area contributed by atoms with E-state index in [-0.39, 0.29) is 6.92 Å². The number of benzene rings is 2. The highest BCUT2D eigenvalue weighted by Gasteiger charge is 2.42. The number of rotatable bonds is 4. The van der Waals surface area contributed by atoms with E-state index in [0.717, 1.165) is 5.02 Å². The summed E-state index contributed by atoms with van der Waals surface area (Å²) in [6.45, 7) is 0.215. The van der Waals surface area contributed by atoms with E-state index in [9.17, 15) is 0 Å². The Morgan fingerprint density at radius 2 is 1.54 bits per heavy atom. The van der Waals surface area contributed by atoms with Crippen molar-refractivity contribution in [3.05, 3.63) is 70.7 Å². The molecule has 3 fully saturated rings. The third kappa shape index (κ3) is 3.82. The van der Waals surface area contributed by atoms with Gasteiger partial charge in [0.1, 0.15) is 0 Å². The van der Waals surface area contributed by atoms with Crippen molar-refractivity contribution in [1.82, 2.24) is 0 Å². The lowest BCUT2D eigenvalue weighted by Crippen LogP contribution is -2.29. The van der Waals surface area contributed by atoms with Gasteiger partial charge in [0.25, 0.3) is 0 Å². The van der Waals surface area contributed by atoms with Crippen LogP contribution in [0.15, 0.2) is 54.6 Å². The molecule has 1 saturated carbocycles. The van der Waals surface area contributed by atoms with Crippen LogP contribution in [0, 0.1) is 5.92 Å². The molecule has 2 aliphatic heterocycles. The quantitative estimate of drug-likeness (QED) is 0.392. The lowest BCUT2D eigenvalue weighted by Gasteiger charge is -2.27. The summed E-state index contributed by atoms with van der Waals surface area (Å²) in [5.74, 6) is 1.27. The van der Waals surface area contributed by atoms with E-state index in [1.807, 2.05) is 6.07 Å². The molecule has 0 radical (unpaired) electrons. The number of allylic oxidation sites excluding steroid dienone is 1. The lowest BCUT2D eigenvalue weighted by atomic mass is 9.45. The van der Waals surface area contributed by atoms with Crippen molar-refractivity contribution < 1.29 is 4.65 Å². The van der Waals surface area contributed by atoms with Gasteiger partial charge in [0.15, 0.2) is 0 Å². The molecular formula is C25H28BClO. The van der Waals surface area contributed by atoms with Gasteiger partial charge in [-0.2, -0.15) is 0 Å². The summed E-state index contributed by atoms with van der Waals surface area (Å²) in [5, 5.41) is 0.823. The maximum absolute atomic E-state index is 6.87. The summed E-state index contributed by atoms with van der Waals surface area (Å²) in [5.41, 5.74) is 5.56. The molecule has 2 aromatic carbocycles. The van der Waals surface area contributed by atoms with E-state index in [4.69, 9.17) is 16.3 Å². The average molecular weight is 391 g/mol. The summed E-state index contributed by atoms with van der Waals surface area (Å²) in [7, 11) is 0. The zero-order valence-corrected chi connectivity index (χ0v) is 17.2. The third-order valence-corrected chi connectivity index (χ3v) is 6.99. The second kappa shape index (κ2) is 8.09. The molecule has 2 saturated heterocycles. The first kappa shape index (κ1) is 18.5. The van der Waals surface area contributed by atoms with Gasteiger partial charge in [-0.25, -0.2) is 0 Å². The smallest absolute Gasteiger partial charge is 0.331 e. The molecule has 1 nitrogen and oxygen atoms in total. The first-order valence-corrected chi connectivity index (χ1v) is 11.4. The van der Waals surface area contributed by atoms with Crippen LogP contribution < -0.4 is 0 Å². The Labute approximate surface area is 174 Å². The molecule has 0 atom stereocenters. The molecule has 28 heavy (non-hydrogen) atoms. The molecular weight excluding hydrogens is 363 g/mol. The summed E-state index contributed by atoms with van der Waals surface area (Å²) < 4.78 is 6.87. The molecule has 3 aliphatic rings. The SMILES string of the molecule is Clc1cccc(/C(=C(\B2OC3CCCC2CCC3)c2ccccc2)C2CC2)c1. The molecule has 2 heterocycles. The fourth-order valence-electron chi connectivity index (χ4n) is 5.30. The van der Waals surface area contributed by atoms with Gasteiger partial charge >= 0.3 is 6.92 Å². The van der Waals surface area contributed by atoms with Crippen molar-refractivity contribution in [2.24, 2.45) is 5.92 Å². The van der Waals surface area contributed by atoms with Crippen molar-refractivity contribution in [2.75, 3.05) is 0 Å². The summed E-state index contributed by atoms with van der Waals surface area (Å²) in [4.78, 5) is 0. The van der Waals surface area contributed by atoms with Crippen LogP contribution in [0.2, 0.25) is 10.8 Å². The van der Waals surface area contributed by atoms with Crippen LogP contribution >= 0.6 is 11.6 Å². The van der Waals surface area contributed by atoms with Crippen molar-refractivity contribution in [2.45, 2.75) is 63.3 Å². The van der Waals surface area contributed by atoms with Gasteiger partial charge in [-0.1, -0.05) is 79.7 Å². The standard InChI is InChI=1S/C25H28BClO/c27-22-12-4-9-20(17-22)24(18-15-16-18)25(19-7-2-1-3-8-19)26-21-10-5-13-23(28-26)14-6-11-21/h1-4,7-9,12,17-18,21,23H,5-6,10-11,13-16H2/b25-24-. The van der Waals surface area contributed by atoms with Crippen LogP contribution in [0.5, 0.6) is 0 Å². The molecule has 0 amide bonds. The molecule has 2 bridgehead atoms. The minimum absolute atomic E-state index is 0.215. The normalized spacial score (nSPS) is 25.8. The van der Waals surface area contributed by atoms with Crippen molar-refractivity contribution in [3.63, 3.8) is 0 Å². The average Bonchev–Trinajstić information content (AvgIpc) is 3.53. The van der Waals surface area contributed by atoms with Gasteiger partial charge in [-0.05, 0) is 71.7 Å². The molecule has 0 aromatic heterocycles. The molecule has 5 rings (SSSR count). The van der Waals surface area contributed by atoms with Crippen LogP contribution in [0.3, 0.4) is 0 Å². The van der Waals surface area contributed by atoms with Gasteiger partial charge in [0.2, 0.25) is 0 Å². The van der Waals surface area contributed by atoms with Crippen LogP contribution in [0.1, 0.15) is 62.5 Å². The number of hydrogen-bond acceptors (Lipinski definition) is 1. The second-order valence-corrected chi connectivity index (χ2v) is 9.22. The number of hydrogen-bond donors (Lipinski definition) is 0. The Balaban J connectivity index is 1.70. The van der Waals surface area contributed by atoms with Gasteiger partial charge in [-0.3, -0.25) is 0 Å². The number of fused-ring (bicyclic) bond motifs is 3. The summed E-state index contributed by atoms with van der Waals surface area (Å²) >= 11 is 6.41. The van der Waals surface area contributed by atoms with Gasteiger partial charge in [0.05, 0.1) is 0 Å². The molecule has 2 aromatic rings. The predicted molar refractivity (Wildman–Crippen MR) is 120 cm³/mol. The molecule has 3 heteroatoms. The Hall–Kier alpha value is -1.51. The van der Waals surface area contributed by atoms with Crippen molar-refractivity contribution in [1.29, 1.82) is 0 Å².